The first-order valence-corrected chi connectivity index (χ1v) is 13.3. The topological polar surface area (TPSA) is 94.3 Å². The predicted molar refractivity (Wildman–Crippen MR) is 146 cm³/mol. The van der Waals surface area contributed by atoms with E-state index in [0.717, 1.165) is 40.0 Å². The molecule has 1 saturated heterocycles. The average Bonchev–Trinajstić information content (AvgIpc) is 3.61. The fraction of sp³-hybridized carbons (Fsp3) is 0.308. The van der Waals surface area contributed by atoms with Crippen molar-refractivity contribution in [3.8, 4) is 11.3 Å². The van der Waals surface area contributed by atoms with Crippen LogP contribution < -0.4 is 9.80 Å². The molecule has 0 aliphatic carbocycles. The first kappa shape index (κ1) is 25.0. The van der Waals surface area contributed by atoms with Crippen LogP contribution in [0.2, 0.25) is 5.02 Å². The molecule has 1 aromatic carbocycles. The number of nitrogens with zero attached hydrogens (tertiary/aromatic N) is 6. The quantitative estimate of drug-likeness (QED) is 0.316. The van der Waals surface area contributed by atoms with Crippen LogP contribution in [-0.2, 0) is 11.2 Å². The number of amides is 2. The van der Waals surface area contributed by atoms with Crippen molar-refractivity contribution >= 4 is 57.2 Å². The molecular formula is C26H27ClN6O3S. The number of carboxylic acids is 1. The summed E-state index contributed by atoms with van der Waals surface area (Å²) in [6, 6.07) is 10.2. The second kappa shape index (κ2) is 10.0. The molecule has 192 valence electrons. The van der Waals surface area contributed by atoms with E-state index < -0.39 is 12.0 Å². The second-order valence-corrected chi connectivity index (χ2v) is 10.1. The molecule has 3 aromatic heterocycles. The fourth-order valence-electron chi connectivity index (χ4n) is 4.70. The number of benzene rings is 1. The van der Waals surface area contributed by atoms with E-state index in [4.69, 9.17) is 21.6 Å². The third-order valence-electron chi connectivity index (χ3n) is 6.62. The van der Waals surface area contributed by atoms with Crippen molar-refractivity contribution in [1.82, 2.24) is 19.3 Å². The molecule has 4 heterocycles. The number of carbonyl (C=O) groups excluding carboxylic acids is 1. The van der Waals surface area contributed by atoms with E-state index in [1.165, 1.54) is 16.2 Å². The van der Waals surface area contributed by atoms with E-state index in [0.29, 0.717) is 30.2 Å². The Morgan fingerprint density at radius 3 is 2.59 bits per heavy atom. The van der Waals surface area contributed by atoms with Gasteiger partial charge < -0.3 is 14.9 Å². The van der Waals surface area contributed by atoms with Crippen LogP contribution in [0.5, 0.6) is 0 Å². The van der Waals surface area contributed by atoms with Gasteiger partial charge in [-0.25, -0.2) is 19.6 Å². The molecule has 1 aliphatic heterocycles. The Kier molecular flexibility index (Phi) is 6.78. The Bertz CT molecular complexity index is 1470. The molecular weight excluding hydrogens is 512 g/mol. The van der Waals surface area contributed by atoms with Gasteiger partial charge in [0.25, 0.3) is 0 Å². The van der Waals surface area contributed by atoms with E-state index in [1.54, 1.807) is 11.8 Å². The third kappa shape index (κ3) is 4.51. The number of carboxylic acid groups (broad SMARTS) is 1. The number of imidazole rings is 1. The van der Waals surface area contributed by atoms with Crippen LogP contribution in [0.3, 0.4) is 0 Å². The summed E-state index contributed by atoms with van der Waals surface area (Å²) in [7, 11) is 1.96. The molecule has 4 aromatic rings. The van der Waals surface area contributed by atoms with Crippen LogP contribution in [-0.4, -0.2) is 62.6 Å². The zero-order chi connectivity index (χ0) is 26.3. The average molecular weight is 539 g/mol. The number of halogens is 1. The van der Waals surface area contributed by atoms with Gasteiger partial charge in [0.1, 0.15) is 17.5 Å². The molecule has 2 amide bonds. The van der Waals surface area contributed by atoms with Crippen molar-refractivity contribution in [3.05, 3.63) is 58.7 Å². The molecule has 0 spiro atoms. The molecule has 0 bridgehead atoms. The SMILES string of the molecule is CCc1nc2ccc(N3CCN(C(CC)C(=O)O)C3=O)cn2c1N(C)c1nc(-c2ccc(Cl)cc2)cs1. The number of urea groups is 1. The number of fused-ring (bicyclic) bond motifs is 1. The fourth-order valence-corrected chi connectivity index (χ4v) is 5.62. The maximum Gasteiger partial charge on any atom is 0.326 e. The van der Waals surface area contributed by atoms with Crippen molar-refractivity contribution in [2.45, 2.75) is 32.7 Å². The number of carbonyl (C=O) groups is 2. The molecule has 1 aliphatic rings. The summed E-state index contributed by atoms with van der Waals surface area (Å²) in [6.07, 6.45) is 2.97. The van der Waals surface area contributed by atoms with Crippen LogP contribution in [0.1, 0.15) is 26.0 Å². The second-order valence-electron chi connectivity index (χ2n) is 8.82. The zero-order valence-electron chi connectivity index (χ0n) is 20.8. The Balaban J connectivity index is 1.49. The smallest absolute Gasteiger partial charge is 0.326 e. The molecule has 11 heteroatoms. The van der Waals surface area contributed by atoms with Crippen LogP contribution in [0, 0.1) is 0 Å². The molecule has 0 saturated carbocycles. The Hall–Kier alpha value is -3.63. The standard InChI is InChI=1S/C26H27ClN6O3S/c1-4-19-23(30(3)25-29-20(15-37-25)16-6-8-17(27)9-7-16)33-14-18(10-11-22(33)28-19)31-12-13-32(26(31)36)21(5-2)24(34)35/h6-11,14-15,21H,4-5,12-13H2,1-3H3,(H,34,35). The highest BCUT2D eigenvalue weighted by Gasteiger charge is 2.37. The van der Waals surface area contributed by atoms with Crippen molar-refractivity contribution in [2.75, 3.05) is 29.9 Å². The number of hydrogen-bond acceptors (Lipinski definition) is 6. The minimum Gasteiger partial charge on any atom is -0.480 e. The van der Waals surface area contributed by atoms with Gasteiger partial charge in [0.15, 0.2) is 5.13 Å². The Morgan fingerprint density at radius 2 is 1.92 bits per heavy atom. The van der Waals surface area contributed by atoms with Gasteiger partial charge >= 0.3 is 12.0 Å². The lowest BCUT2D eigenvalue weighted by atomic mass is 10.2. The summed E-state index contributed by atoms with van der Waals surface area (Å²) >= 11 is 7.57. The van der Waals surface area contributed by atoms with Gasteiger partial charge in [0.05, 0.1) is 17.1 Å². The molecule has 5 rings (SSSR count). The van der Waals surface area contributed by atoms with E-state index in [2.05, 4.69) is 6.92 Å². The molecule has 0 radical (unpaired) electrons. The predicted octanol–water partition coefficient (Wildman–Crippen LogP) is 5.55. The normalized spacial score (nSPS) is 14.5. The lowest BCUT2D eigenvalue weighted by Gasteiger charge is -2.24. The van der Waals surface area contributed by atoms with Gasteiger partial charge in [-0.3, -0.25) is 9.30 Å². The number of aliphatic carboxylic acids is 1. The van der Waals surface area contributed by atoms with Crippen LogP contribution >= 0.6 is 22.9 Å². The number of anilines is 3. The van der Waals surface area contributed by atoms with Gasteiger partial charge in [0, 0.05) is 42.3 Å². The highest BCUT2D eigenvalue weighted by atomic mass is 35.5. The Morgan fingerprint density at radius 1 is 1.16 bits per heavy atom. The van der Waals surface area contributed by atoms with Gasteiger partial charge in [-0.2, -0.15) is 0 Å². The van der Waals surface area contributed by atoms with Crippen molar-refractivity contribution < 1.29 is 14.7 Å². The first-order chi connectivity index (χ1) is 17.8. The number of aryl methyl sites for hydroxylation is 1. The summed E-state index contributed by atoms with van der Waals surface area (Å²) in [6.45, 7) is 4.62. The summed E-state index contributed by atoms with van der Waals surface area (Å²) in [5.74, 6) is -0.113. The van der Waals surface area contributed by atoms with E-state index in [-0.39, 0.29) is 6.03 Å². The molecule has 9 nitrogen and oxygen atoms in total. The van der Waals surface area contributed by atoms with Crippen molar-refractivity contribution in [2.24, 2.45) is 0 Å². The van der Waals surface area contributed by atoms with Crippen molar-refractivity contribution in [1.29, 1.82) is 0 Å². The van der Waals surface area contributed by atoms with Gasteiger partial charge in [-0.15, -0.1) is 11.3 Å². The minimum atomic E-state index is -0.985. The van der Waals surface area contributed by atoms with Crippen LogP contribution in [0.25, 0.3) is 16.9 Å². The largest absolute Gasteiger partial charge is 0.480 e. The van der Waals surface area contributed by atoms with Gasteiger partial charge in [0.2, 0.25) is 0 Å². The minimum absolute atomic E-state index is 0.299. The summed E-state index contributed by atoms with van der Waals surface area (Å²) in [5, 5.41) is 13.0. The maximum atomic E-state index is 13.1. The monoisotopic (exact) mass is 538 g/mol. The van der Waals surface area contributed by atoms with E-state index in [1.807, 2.05) is 64.3 Å². The summed E-state index contributed by atoms with van der Waals surface area (Å²) in [4.78, 5) is 39.5. The number of hydrogen-bond donors (Lipinski definition) is 1. The number of pyridine rings is 1. The first-order valence-electron chi connectivity index (χ1n) is 12.1. The lowest BCUT2D eigenvalue weighted by molar-refractivity contribution is -0.142. The summed E-state index contributed by atoms with van der Waals surface area (Å²) < 4.78 is 1.97. The number of thiazole rings is 1. The zero-order valence-corrected chi connectivity index (χ0v) is 22.3. The molecule has 1 fully saturated rings. The lowest BCUT2D eigenvalue weighted by Crippen LogP contribution is -2.43. The van der Waals surface area contributed by atoms with Gasteiger partial charge in [-0.05, 0) is 37.1 Å². The molecule has 37 heavy (non-hydrogen) atoms. The van der Waals surface area contributed by atoms with E-state index in [9.17, 15) is 14.7 Å². The maximum absolute atomic E-state index is 13.1. The van der Waals surface area contributed by atoms with Crippen LogP contribution in [0.15, 0.2) is 48.0 Å². The van der Waals surface area contributed by atoms with Crippen LogP contribution in [0.4, 0.5) is 21.4 Å². The van der Waals surface area contributed by atoms with Gasteiger partial charge in [-0.1, -0.05) is 37.6 Å². The van der Waals surface area contributed by atoms with E-state index >= 15 is 0 Å². The third-order valence-corrected chi connectivity index (χ3v) is 7.79. The molecule has 1 atom stereocenters. The van der Waals surface area contributed by atoms with Crippen molar-refractivity contribution in [3.63, 3.8) is 0 Å². The number of aromatic nitrogens is 3. The molecule has 1 unspecified atom stereocenters. The number of rotatable bonds is 8. The highest BCUT2D eigenvalue weighted by molar-refractivity contribution is 7.14. The molecule has 1 N–H and O–H groups in total. The highest BCUT2D eigenvalue weighted by Crippen LogP contribution is 2.35. The summed E-state index contributed by atoms with van der Waals surface area (Å²) in [5.41, 5.74) is 4.21. The Labute approximate surface area is 223 Å².